The van der Waals surface area contributed by atoms with Gasteiger partial charge in [-0.25, -0.2) is 0 Å². The van der Waals surface area contributed by atoms with E-state index in [0.717, 1.165) is 18.6 Å². The van der Waals surface area contributed by atoms with Crippen LogP contribution >= 0.6 is 0 Å². The fourth-order valence-electron chi connectivity index (χ4n) is 1.67. The third kappa shape index (κ3) is 2.47. The van der Waals surface area contributed by atoms with Crippen molar-refractivity contribution in [2.75, 3.05) is 0 Å². The monoisotopic (exact) mass is 166 g/mol. The van der Waals surface area contributed by atoms with Gasteiger partial charge in [0.25, 0.3) is 0 Å². The van der Waals surface area contributed by atoms with Crippen LogP contribution in [0, 0.1) is 11.3 Å². The maximum atomic E-state index is 10.1. The van der Waals surface area contributed by atoms with Gasteiger partial charge in [-0.05, 0) is 43.6 Å². The molecule has 0 N–H and O–H groups in total. The van der Waals surface area contributed by atoms with E-state index in [-0.39, 0.29) is 0 Å². The lowest BCUT2D eigenvalue weighted by atomic mass is 10.0. The first-order chi connectivity index (χ1) is 5.56. The molecule has 1 nitrogen and oxygen atoms in total. The van der Waals surface area contributed by atoms with Crippen molar-refractivity contribution < 1.29 is 4.79 Å². The summed E-state index contributed by atoms with van der Waals surface area (Å²) < 4.78 is 0. The molecule has 0 aromatic heterocycles. The van der Waals surface area contributed by atoms with Gasteiger partial charge in [-0.3, -0.25) is 4.79 Å². The molecule has 0 bridgehead atoms. The number of hydrogen-bond donors (Lipinski definition) is 0. The summed E-state index contributed by atoms with van der Waals surface area (Å²) in [6, 6.07) is 0. The quantitative estimate of drug-likeness (QED) is 0.463. The Morgan fingerprint density at radius 1 is 1.58 bits per heavy atom. The van der Waals surface area contributed by atoms with Crippen LogP contribution in [0.2, 0.25) is 0 Å². The second-order valence-corrected chi connectivity index (χ2v) is 4.58. The molecule has 1 atom stereocenters. The molecule has 1 aliphatic rings. The molecule has 1 heteroatoms. The predicted octanol–water partition coefficient (Wildman–Crippen LogP) is 2.96. The number of allylic oxidation sites excluding steroid dienone is 2. The Labute approximate surface area is 74.9 Å². The van der Waals surface area contributed by atoms with Gasteiger partial charge in [0.2, 0.25) is 0 Å². The summed E-state index contributed by atoms with van der Waals surface area (Å²) in [4.78, 5) is 10.1. The van der Waals surface area contributed by atoms with Crippen molar-refractivity contribution in [1.29, 1.82) is 0 Å². The second kappa shape index (κ2) is 3.42. The number of carbonyl (C=O) groups excluding carboxylic acids is 1. The highest BCUT2D eigenvalue weighted by Crippen LogP contribution is 2.54. The summed E-state index contributed by atoms with van der Waals surface area (Å²) in [6.07, 6.45) is 6.26. The van der Waals surface area contributed by atoms with Crippen molar-refractivity contribution in [2.45, 2.75) is 40.0 Å². The van der Waals surface area contributed by atoms with Crippen molar-refractivity contribution in [1.82, 2.24) is 0 Å². The molecular weight excluding hydrogens is 148 g/mol. The highest BCUT2D eigenvalue weighted by atomic mass is 16.1. The first-order valence-corrected chi connectivity index (χ1v) is 4.67. The Hall–Kier alpha value is -0.590. The van der Waals surface area contributed by atoms with E-state index in [1.807, 2.05) is 6.92 Å². The lowest BCUT2D eigenvalue weighted by molar-refractivity contribution is -0.104. The average molecular weight is 166 g/mol. The Bertz CT molecular complexity index is 201. The Kier molecular flexibility index (Phi) is 2.71. The third-order valence-corrected chi connectivity index (χ3v) is 2.96. The van der Waals surface area contributed by atoms with E-state index in [4.69, 9.17) is 0 Å². The van der Waals surface area contributed by atoms with Crippen LogP contribution in [0.1, 0.15) is 40.0 Å². The SMILES string of the molecule is C/C(=C/C=O)CC[C@@H]1CC1(C)C. The van der Waals surface area contributed by atoms with E-state index in [1.165, 1.54) is 18.4 Å². The Morgan fingerprint density at radius 2 is 2.17 bits per heavy atom. The molecule has 0 heterocycles. The lowest BCUT2D eigenvalue weighted by Crippen LogP contribution is -1.90. The van der Waals surface area contributed by atoms with Gasteiger partial charge < -0.3 is 0 Å². The highest BCUT2D eigenvalue weighted by molar-refractivity contribution is 5.65. The standard InChI is InChI=1S/C11H18O/c1-9(6-7-12)4-5-10-8-11(10,2)3/h6-7,10H,4-5,8H2,1-3H3/b9-6-/t10-/m1/s1. The molecule has 1 aliphatic carbocycles. The number of rotatable bonds is 4. The summed E-state index contributed by atoms with van der Waals surface area (Å²) in [5.41, 5.74) is 1.80. The number of carbonyl (C=O) groups is 1. The molecule has 0 aromatic rings. The highest BCUT2D eigenvalue weighted by Gasteiger charge is 2.44. The minimum Gasteiger partial charge on any atom is -0.299 e. The van der Waals surface area contributed by atoms with Crippen LogP contribution in [0.4, 0.5) is 0 Å². The van der Waals surface area contributed by atoms with Gasteiger partial charge in [0, 0.05) is 0 Å². The van der Waals surface area contributed by atoms with Gasteiger partial charge in [-0.2, -0.15) is 0 Å². The average Bonchev–Trinajstić information content (AvgIpc) is 2.56. The van der Waals surface area contributed by atoms with Gasteiger partial charge in [0.05, 0.1) is 0 Å². The zero-order chi connectivity index (χ0) is 9.19. The summed E-state index contributed by atoms with van der Waals surface area (Å²) >= 11 is 0. The zero-order valence-electron chi connectivity index (χ0n) is 8.26. The molecule has 1 saturated carbocycles. The minimum atomic E-state index is 0.585. The molecule has 0 aromatic carbocycles. The van der Waals surface area contributed by atoms with E-state index >= 15 is 0 Å². The molecule has 12 heavy (non-hydrogen) atoms. The van der Waals surface area contributed by atoms with Gasteiger partial charge in [0.1, 0.15) is 6.29 Å². The van der Waals surface area contributed by atoms with Crippen LogP contribution in [0.5, 0.6) is 0 Å². The minimum absolute atomic E-state index is 0.585. The lowest BCUT2D eigenvalue weighted by Gasteiger charge is -2.02. The molecule has 0 unspecified atom stereocenters. The van der Waals surface area contributed by atoms with Crippen LogP contribution < -0.4 is 0 Å². The van der Waals surface area contributed by atoms with Crippen molar-refractivity contribution in [3.8, 4) is 0 Å². The van der Waals surface area contributed by atoms with E-state index in [1.54, 1.807) is 6.08 Å². The molecule has 0 aliphatic heterocycles. The van der Waals surface area contributed by atoms with Crippen LogP contribution in [0.3, 0.4) is 0 Å². The molecule has 0 spiro atoms. The van der Waals surface area contributed by atoms with Crippen LogP contribution in [-0.2, 0) is 4.79 Å². The normalized spacial score (nSPS) is 26.9. The summed E-state index contributed by atoms with van der Waals surface area (Å²) in [6.45, 7) is 6.66. The Morgan fingerprint density at radius 3 is 2.58 bits per heavy atom. The fourth-order valence-corrected chi connectivity index (χ4v) is 1.67. The number of aldehydes is 1. The van der Waals surface area contributed by atoms with Gasteiger partial charge in [0.15, 0.2) is 0 Å². The molecule has 0 saturated heterocycles. The Balaban J connectivity index is 2.19. The van der Waals surface area contributed by atoms with Crippen LogP contribution in [0.25, 0.3) is 0 Å². The topological polar surface area (TPSA) is 17.1 Å². The van der Waals surface area contributed by atoms with E-state index in [2.05, 4.69) is 13.8 Å². The van der Waals surface area contributed by atoms with Crippen molar-refractivity contribution in [3.63, 3.8) is 0 Å². The third-order valence-electron chi connectivity index (χ3n) is 2.96. The maximum Gasteiger partial charge on any atom is 0.142 e. The summed E-state index contributed by atoms with van der Waals surface area (Å²) in [5, 5.41) is 0. The molecular formula is C11H18O. The van der Waals surface area contributed by atoms with Gasteiger partial charge in [-0.1, -0.05) is 19.4 Å². The van der Waals surface area contributed by atoms with Crippen LogP contribution in [-0.4, -0.2) is 6.29 Å². The van der Waals surface area contributed by atoms with Gasteiger partial charge in [-0.15, -0.1) is 0 Å². The molecule has 1 rings (SSSR count). The van der Waals surface area contributed by atoms with Crippen molar-refractivity contribution in [3.05, 3.63) is 11.6 Å². The molecule has 0 radical (unpaired) electrons. The maximum absolute atomic E-state index is 10.1. The van der Waals surface area contributed by atoms with E-state index < -0.39 is 0 Å². The summed E-state index contributed by atoms with van der Waals surface area (Å²) in [7, 11) is 0. The zero-order valence-corrected chi connectivity index (χ0v) is 8.26. The van der Waals surface area contributed by atoms with Crippen molar-refractivity contribution >= 4 is 6.29 Å². The molecule has 68 valence electrons. The molecule has 1 fully saturated rings. The van der Waals surface area contributed by atoms with E-state index in [9.17, 15) is 4.79 Å². The predicted molar refractivity (Wildman–Crippen MR) is 50.9 cm³/mol. The van der Waals surface area contributed by atoms with E-state index in [0.29, 0.717) is 5.41 Å². The van der Waals surface area contributed by atoms with Crippen LogP contribution in [0.15, 0.2) is 11.6 Å². The van der Waals surface area contributed by atoms with Gasteiger partial charge >= 0.3 is 0 Å². The first-order valence-electron chi connectivity index (χ1n) is 4.67. The largest absolute Gasteiger partial charge is 0.299 e. The smallest absolute Gasteiger partial charge is 0.142 e. The second-order valence-electron chi connectivity index (χ2n) is 4.58. The fraction of sp³-hybridized carbons (Fsp3) is 0.727. The first kappa shape index (κ1) is 9.50. The summed E-state index contributed by atoms with van der Waals surface area (Å²) in [5.74, 6) is 0.896. The van der Waals surface area contributed by atoms with Crippen molar-refractivity contribution in [2.24, 2.45) is 11.3 Å². The number of hydrogen-bond acceptors (Lipinski definition) is 1. The molecule has 0 amide bonds.